The summed E-state index contributed by atoms with van der Waals surface area (Å²) in [5.41, 5.74) is 2.67. The van der Waals surface area contributed by atoms with Gasteiger partial charge in [0.15, 0.2) is 0 Å². The number of carbonyl (C=O) groups excluding carboxylic acids is 2. The molecule has 1 aliphatic heterocycles. The van der Waals surface area contributed by atoms with Crippen LogP contribution in [-0.4, -0.2) is 53.5 Å². The van der Waals surface area contributed by atoms with Gasteiger partial charge < -0.3 is 15.1 Å². The summed E-state index contributed by atoms with van der Waals surface area (Å²) in [5.74, 6) is 0.0607. The van der Waals surface area contributed by atoms with Crippen LogP contribution in [0, 0.1) is 13.8 Å². The van der Waals surface area contributed by atoms with Gasteiger partial charge in [-0.25, -0.2) is 4.79 Å². The third kappa shape index (κ3) is 4.73. The quantitative estimate of drug-likeness (QED) is 0.860. The topological polar surface area (TPSA) is 52.7 Å². The standard InChI is InChI=1S/C19H29N3O2/c1-14-7-8-16(15(2)13-14)17(23)21-9-6-10-22(12-11-21)18(24)20-19(3,4)5/h7-8,13H,6,9-12H2,1-5H3,(H,20,24). The molecule has 0 atom stereocenters. The SMILES string of the molecule is Cc1ccc(C(=O)N2CCCN(C(=O)NC(C)(C)C)CC2)c(C)c1. The van der Waals surface area contributed by atoms with Crippen molar-refractivity contribution in [3.05, 3.63) is 34.9 Å². The van der Waals surface area contributed by atoms with Crippen LogP contribution in [0.1, 0.15) is 48.7 Å². The Morgan fingerprint density at radius 1 is 1.00 bits per heavy atom. The Labute approximate surface area is 145 Å². The molecular weight excluding hydrogens is 302 g/mol. The molecular formula is C19H29N3O2. The molecule has 0 spiro atoms. The summed E-state index contributed by atoms with van der Waals surface area (Å²) < 4.78 is 0. The number of rotatable bonds is 1. The maximum Gasteiger partial charge on any atom is 0.317 e. The molecule has 0 aromatic heterocycles. The van der Waals surface area contributed by atoms with E-state index in [1.54, 1.807) is 4.90 Å². The maximum atomic E-state index is 12.8. The van der Waals surface area contributed by atoms with Crippen molar-refractivity contribution in [3.8, 4) is 0 Å². The number of nitrogens with one attached hydrogen (secondary N) is 1. The van der Waals surface area contributed by atoms with Crippen LogP contribution in [0.25, 0.3) is 0 Å². The highest BCUT2D eigenvalue weighted by Crippen LogP contribution is 2.15. The summed E-state index contributed by atoms with van der Waals surface area (Å²) in [7, 11) is 0. The van der Waals surface area contributed by atoms with Gasteiger partial charge in [0.25, 0.3) is 5.91 Å². The molecule has 1 saturated heterocycles. The van der Waals surface area contributed by atoms with E-state index in [0.29, 0.717) is 26.2 Å². The second-order valence-corrected chi connectivity index (χ2v) is 7.63. The van der Waals surface area contributed by atoms with Crippen LogP contribution in [0.2, 0.25) is 0 Å². The molecule has 0 bridgehead atoms. The first-order valence-corrected chi connectivity index (χ1v) is 8.61. The zero-order valence-electron chi connectivity index (χ0n) is 15.5. The molecule has 1 aromatic rings. The summed E-state index contributed by atoms with van der Waals surface area (Å²) in [4.78, 5) is 28.8. The molecule has 1 N–H and O–H groups in total. The Morgan fingerprint density at radius 3 is 2.25 bits per heavy atom. The Kier molecular flexibility index (Phi) is 5.52. The van der Waals surface area contributed by atoms with Crippen molar-refractivity contribution in [2.75, 3.05) is 26.2 Å². The zero-order chi connectivity index (χ0) is 17.9. The first-order valence-electron chi connectivity index (χ1n) is 8.61. The Hall–Kier alpha value is -2.04. The predicted octanol–water partition coefficient (Wildman–Crippen LogP) is 2.96. The van der Waals surface area contributed by atoms with E-state index in [0.717, 1.165) is 23.1 Å². The number of hydrogen-bond acceptors (Lipinski definition) is 2. The van der Waals surface area contributed by atoms with Crippen LogP contribution in [0.4, 0.5) is 4.79 Å². The van der Waals surface area contributed by atoms with Crippen molar-refractivity contribution in [1.29, 1.82) is 0 Å². The number of benzene rings is 1. The van der Waals surface area contributed by atoms with Gasteiger partial charge in [-0.3, -0.25) is 4.79 Å². The minimum Gasteiger partial charge on any atom is -0.337 e. The monoisotopic (exact) mass is 331 g/mol. The fourth-order valence-electron chi connectivity index (χ4n) is 2.95. The zero-order valence-corrected chi connectivity index (χ0v) is 15.5. The molecule has 3 amide bonds. The molecule has 0 saturated carbocycles. The van der Waals surface area contributed by atoms with Crippen LogP contribution < -0.4 is 5.32 Å². The molecule has 0 aliphatic carbocycles. The first kappa shape index (κ1) is 18.3. The lowest BCUT2D eigenvalue weighted by molar-refractivity contribution is 0.0761. The second kappa shape index (κ2) is 7.24. The van der Waals surface area contributed by atoms with Crippen LogP contribution in [0.15, 0.2) is 18.2 Å². The smallest absolute Gasteiger partial charge is 0.317 e. The normalized spacial score (nSPS) is 15.9. The molecule has 1 aromatic carbocycles. The Bertz CT molecular complexity index is 620. The van der Waals surface area contributed by atoms with E-state index in [1.807, 2.05) is 57.7 Å². The lowest BCUT2D eigenvalue weighted by atomic mass is 10.0. The minimum atomic E-state index is -0.252. The lowest BCUT2D eigenvalue weighted by Gasteiger charge is -2.27. The molecule has 1 heterocycles. The summed E-state index contributed by atoms with van der Waals surface area (Å²) in [6.07, 6.45) is 0.800. The Morgan fingerprint density at radius 2 is 1.62 bits per heavy atom. The van der Waals surface area contributed by atoms with Crippen molar-refractivity contribution in [2.45, 2.75) is 46.6 Å². The fourth-order valence-corrected chi connectivity index (χ4v) is 2.95. The Balaban J connectivity index is 2.02. The summed E-state index contributed by atoms with van der Waals surface area (Å²) in [6, 6.07) is 5.86. The maximum absolute atomic E-state index is 12.8. The fraction of sp³-hybridized carbons (Fsp3) is 0.579. The number of carbonyl (C=O) groups is 2. The van der Waals surface area contributed by atoms with Gasteiger partial charge in [-0.1, -0.05) is 17.7 Å². The van der Waals surface area contributed by atoms with E-state index < -0.39 is 0 Å². The molecule has 132 valence electrons. The first-order chi connectivity index (χ1) is 11.2. The third-order valence-electron chi connectivity index (χ3n) is 4.16. The van der Waals surface area contributed by atoms with Crippen molar-refractivity contribution in [1.82, 2.24) is 15.1 Å². The van der Waals surface area contributed by atoms with E-state index >= 15 is 0 Å². The van der Waals surface area contributed by atoms with E-state index in [9.17, 15) is 9.59 Å². The van der Waals surface area contributed by atoms with Gasteiger partial charge in [-0.2, -0.15) is 0 Å². The van der Waals surface area contributed by atoms with E-state index in [4.69, 9.17) is 0 Å². The van der Waals surface area contributed by atoms with Crippen LogP contribution in [0.3, 0.4) is 0 Å². The van der Waals surface area contributed by atoms with Crippen LogP contribution in [-0.2, 0) is 0 Å². The van der Waals surface area contributed by atoms with Gasteiger partial charge in [-0.05, 0) is 52.7 Å². The van der Waals surface area contributed by atoms with Gasteiger partial charge in [-0.15, -0.1) is 0 Å². The average molecular weight is 331 g/mol. The largest absolute Gasteiger partial charge is 0.337 e. The summed E-state index contributed by atoms with van der Waals surface area (Å²) >= 11 is 0. The molecule has 0 radical (unpaired) electrons. The van der Waals surface area contributed by atoms with Gasteiger partial charge in [0.05, 0.1) is 0 Å². The number of aryl methyl sites for hydroxylation is 2. The highest BCUT2D eigenvalue weighted by Gasteiger charge is 2.25. The van der Waals surface area contributed by atoms with Crippen molar-refractivity contribution in [3.63, 3.8) is 0 Å². The van der Waals surface area contributed by atoms with E-state index in [2.05, 4.69) is 5.32 Å². The average Bonchev–Trinajstić information content (AvgIpc) is 2.70. The van der Waals surface area contributed by atoms with Gasteiger partial charge >= 0.3 is 6.03 Å². The lowest BCUT2D eigenvalue weighted by Crippen LogP contribution is -2.49. The van der Waals surface area contributed by atoms with Crippen molar-refractivity contribution >= 4 is 11.9 Å². The predicted molar refractivity (Wildman–Crippen MR) is 96.3 cm³/mol. The molecule has 2 rings (SSSR count). The van der Waals surface area contributed by atoms with Crippen LogP contribution in [0.5, 0.6) is 0 Å². The van der Waals surface area contributed by atoms with Crippen molar-refractivity contribution in [2.24, 2.45) is 0 Å². The number of urea groups is 1. The van der Waals surface area contributed by atoms with E-state index in [1.165, 1.54) is 0 Å². The van der Waals surface area contributed by atoms with Crippen LogP contribution >= 0.6 is 0 Å². The highest BCUT2D eigenvalue weighted by atomic mass is 16.2. The molecule has 1 fully saturated rings. The molecule has 5 nitrogen and oxygen atoms in total. The van der Waals surface area contributed by atoms with E-state index in [-0.39, 0.29) is 17.5 Å². The summed E-state index contributed by atoms with van der Waals surface area (Å²) in [6.45, 7) is 12.4. The molecule has 0 unspecified atom stereocenters. The molecule has 24 heavy (non-hydrogen) atoms. The summed E-state index contributed by atoms with van der Waals surface area (Å²) in [5, 5.41) is 2.99. The minimum absolute atomic E-state index is 0.0525. The number of amides is 3. The number of hydrogen-bond donors (Lipinski definition) is 1. The van der Waals surface area contributed by atoms with Gasteiger partial charge in [0, 0.05) is 37.3 Å². The van der Waals surface area contributed by atoms with Crippen molar-refractivity contribution < 1.29 is 9.59 Å². The second-order valence-electron chi connectivity index (χ2n) is 7.63. The molecule has 1 aliphatic rings. The van der Waals surface area contributed by atoms with Gasteiger partial charge in [0.2, 0.25) is 0 Å². The number of nitrogens with zero attached hydrogens (tertiary/aromatic N) is 2. The highest BCUT2D eigenvalue weighted by molar-refractivity contribution is 5.95. The third-order valence-corrected chi connectivity index (χ3v) is 4.16. The molecule has 5 heteroatoms. The van der Waals surface area contributed by atoms with Gasteiger partial charge in [0.1, 0.15) is 0 Å².